The minimum absolute atomic E-state index is 0.460. The van der Waals surface area contributed by atoms with Crippen molar-refractivity contribution >= 4 is 11.6 Å². The Morgan fingerprint density at radius 1 is 1.10 bits per heavy atom. The average Bonchev–Trinajstić information content (AvgIpc) is 2.47. The van der Waals surface area contributed by atoms with E-state index in [0.29, 0.717) is 18.2 Å². The Labute approximate surface area is 130 Å². The molecular weight excluding hydrogens is 286 g/mol. The van der Waals surface area contributed by atoms with Crippen LogP contribution in [0.1, 0.15) is 18.1 Å². The second-order valence-corrected chi connectivity index (χ2v) is 5.06. The quantitative estimate of drug-likeness (QED) is 0.837. The van der Waals surface area contributed by atoms with E-state index in [-0.39, 0.29) is 0 Å². The van der Waals surface area contributed by atoms with Gasteiger partial charge in [0.15, 0.2) is 11.5 Å². The third-order valence-corrected chi connectivity index (χ3v) is 3.23. The Morgan fingerprint density at radius 3 is 2.62 bits per heavy atom. The zero-order chi connectivity index (χ0) is 15.1. The molecule has 2 aromatic carbocycles. The number of halogens is 1. The molecule has 0 fully saturated rings. The van der Waals surface area contributed by atoms with Crippen LogP contribution in [0.4, 0.5) is 0 Å². The van der Waals surface area contributed by atoms with Crippen LogP contribution < -0.4 is 14.8 Å². The lowest BCUT2D eigenvalue weighted by Gasteiger charge is -2.16. The molecule has 0 saturated carbocycles. The van der Waals surface area contributed by atoms with Crippen molar-refractivity contribution in [2.24, 2.45) is 0 Å². The van der Waals surface area contributed by atoms with E-state index >= 15 is 0 Å². The largest absolute Gasteiger partial charge is 0.490 e. The zero-order valence-corrected chi connectivity index (χ0v) is 13.1. The summed E-state index contributed by atoms with van der Waals surface area (Å²) in [7, 11) is 1.91. The predicted octanol–water partition coefficient (Wildman–Crippen LogP) is 4.04. The number of benzene rings is 2. The van der Waals surface area contributed by atoms with Crippen molar-refractivity contribution in [1.82, 2.24) is 5.32 Å². The average molecular weight is 306 g/mol. The molecule has 0 aliphatic heterocycles. The standard InChI is InChI=1S/C17H20ClNO2/c1-3-20-16-9-5-7-14(11-19-2)17(16)21-12-13-6-4-8-15(18)10-13/h4-10,19H,3,11-12H2,1-2H3. The maximum absolute atomic E-state index is 6.00. The molecule has 1 N–H and O–H groups in total. The third-order valence-electron chi connectivity index (χ3n) is 3.00. The highest BCUT2D eigenvalue weighted by Gasteiger charge is 2.11. The molecular formula is C17H20ClNO2. The summed E-state index contributed by atoms with van der Waals surface area (Å²) in [4.78, 5) is 0. The van der Waals surface area contributed by atoms with Gasteiger partial charge in [-0.05, 0) is 37.7 Å². The van der Waals surface area contributed by atoms with E-state index in [4.69, 9.17) is 21.1 Å². The van der Waals surface area contributed by atoms with Crippen LogP contribution in [0.2, 0.25) is 5.02 Å². The zero-order valence-electron chi connectivity index (χ0n) is 12.4. The SMILES string of the molecule is CCOc1cccc(CNC)c1OCc1cccc(Cl)c1. The second-order valence-electron chi connectivity index (χ2n) is 4.63. The van der Waals surface area contributed by atoms with Crippen molar-refractivity contribution in [2.45, 2.75) is 20.1 Å². The van der Waals surface area contributed by atoms with Crippen molar-refractivity contribution in [1.29, 1.82) is 0 Å². The monoisotopic (exact) mass is 305 g/mol. The molecule has 0 spiro atoms. The summed E-state index contributed by atoms with van der Waals surface area (Å²) >= 11 is 6.00. The summed E-state index contributed by atoms with van der Waals surface area (Å²) in [5.74, 6) is 1.56. The van der Waals surface area contributed by atoms with Gasteiger partial charge in [0.2, 0.25) is 0 Å². The number of hydrogen-bond donors (Lipinski definition) is 1. The van der Waals surface area contributed by atoms with Crippen molar-refractivity contribution in [3.05, 3.63) is 58.6 Å². The Hall–Kier alpha value is -1.71. The van der Waals surface area contributed by atoms with Gasteiger partial charge in [-0.2, -0.15) is 0 Å². The highest BCUT2D eigenvalue weighted by Crippen LogP contribution is 2.32. The minimum atomic E-state index is 0.460. The fraction of sp³-hybridized carbons (Fsp3) is 0.294. The van der Waals surface area contributed by atoms with Gasteiger partial charge in [0.1, 0.15) is 6.61 Å². The molecule has 0 amide bonds. The van der Waals surface area contributed by atoms with Gasteiger partial charge in [0.25, 0.3) is 0 Å². The van der Waals surface area contributed by atoms with Crippen LogP contribution >= 0.6 is 11.6 Å². The van der Waals surface area contributed by atoms with Crippen LogP contribution in [0.15, 0.2) is 42.5 Å². The summed E-state index contributed by atoms with van der Waals surface area (Å²) in [5.41, 5.74) is 2.11. The van der Waals surface area contributed by atoms with Crippen LogP contribution in [0.3, 0.4) is 0 Å². The molecule has 3 nitrogen and oxygen atoms in total. The molecule has 0 unspecified atom stereocenters. The predicted molar refractivity (Wildman–Crippen MR) is 86.2 cm³/mol. The third kappa shape index (κ3) is 4.38. The molecule has 0 aliphatic carbocycles. The van der Waals surface area contributed by atoms with Crippen LogP contribution in [0, 0.1) is 0 Å². The topological polar surface area (TPSA) is 30.5 Å². The summed E-state index contributed by atoms with van der Waals surface area (Å²) < 4.78 is 11.6. The van der Waals surface area contributed by atoms with E-state index < -0.39 is 0 Å². The fourth-order valence-electron chi connectivity index (χ4n) is 2.11. The molecule has 0 atom stereocenters. The van der Waals surface area contributed by atoms with E-state index in [1.165, 1.54) is 0 Å². The minimum Gasteiger partial charge on any atom is -0.490 e. The first kappa shape index (κ1) is 15.7. The van der Waals surface area contributed by atoms with Crippen molar-refractivity contribution in [3.8, 4) is 11.5 Å². The van der Waals surface area contributed by atoms with Gasteiger partial charge in [0, 0.05) is 17.1 Å². The number of ether oxygens (including phenoxy) is 2. The van der Waals surface area contributed by atoms with E-state index in [1.807, 2.05) is 56.4 Å². The molecule has 0 saturated heterocycles. The normalized spacial score (nSPS) is 10.4. The lowest BCUT2D eigenvalue weighted by Crippen LogP contribution is -2.09. The van der Waals surface area contributed by atoms with E-state index in [2.05, 4.69) is 5.32 Å². The van der Waals surface area contributed by atoms with Gasteiger partial charge in [-0.3, -0.25) is 0 Å². The van der Waals surface area contributed by atoms with Crippen molar-refractivity contribution in [3.63, 3.8) is 0 Å². The number of hydrogen-bond acceptors (Lipinski definition) is 3. The van der Waals surface area contributed by atoms with Gasteiger partial charge in [0.05, 0.1) is 6.61 Å². The van der Waals surface area contributed by atoms with Crippen molar-refractivity contribution in [2.75, 3.05) is 13.7 Å². The van der Waals surface area contributed by atoms with Gasteiger partial charge >= 0.3 is 0 Å². The van der Waals surface area contributed by atoms with E-state index in [1.54, 1.807) is 0 Å². The molecule has 0 heterocycles. The number of nitrogens with one attached hydrogen (secondary N) is 1. The number of para-hydroxylation sites is 1. The van der Waals surface area contributed by atoms with Gasteiger partial charge in [-0.25, -0.2) is 0 Å². The smallest absolute Gasteiger partial charge is 0.166 e. The van der Waals surface area contributed by atoms with Crippen LogP contribution in [0.25, 0.3) is 0 Å². The first-order valence-corrected chi connectivity index (χ1v) is 7.39. The Balaban J connectivity index is 2.20. The molecule has 21 heavy (non-hydrogen) atoms. The summed E-state index contributed by atoms with van der Waals surface area (Å²) in [6.07, 6.45) is 0. The summed E-state index contributed by atoms with van der Waals surface area (Å²) in [5, 5.41) is 3.86. The first-order valence-electron chi connectivity index (χ1n) is 7.01. The molecule has 0 aliphatic rings. The van der Waals surface area contributed by atoms with Crippen LogP contribution in [-0.2, 0) is 13.2 Å². The van der Waals surface area contributed by atoms with Gasteiger partial charge in [-0.1, -0.05) is 35.9 Å². The Bertz CT molecular complexity index is 563. The lowest BCUT2D eigenvalue weighted by molar-refractivity contribution is 0.266. The van der Waals surface area contributed by atoms with Crippen LogP contribution in [0.5, 0.6) is 11.5 Å². The molecule has 0 bridgehead atoms. The fourth-order valence-corrected chi connectivity index (χ4v) is 2.32. The van der Waals surface area contributed by atoms with Gasteiger partial charge < -0.3 is 14.8 Å². The van der Waals surface area contributed by atoms with Crippen molar-refractivity contribution < 1.29 is 9.47 Å². The summed E-state index contributed by atoms with van der Waals surface area (Å²) in [6.45, 7) is 3.76. The molecule has 112 valence electrons. The maximum Gasteiger partial charge on any atom is 0.166 e. The number of rotatable bonds is 7. The summed E-state index contributed by atoms with van der Waals surface area (Å²) in [6, 6.07) is 13.6. The Morgan fingerprint density at radius 2 is 1.90 bits per heavy atom. The van der Waals surface area contributed by atoms with Gasteiger partial charge in [-0.15, -0.1) is 0 Å². The molecule has 2 aromatic rings. The van der Waals surface area contributed by atoms with E-state index in [0.717, 1.165) is 29.2 Å². The molecule has 0 radical (unpaired) electrons. The van der Waals surface area contributed by atoms with E-state index in [9.17, 15) is 0 Å². The highest BCUT2D eigenvalue weighted by molar-refractivity contribution is 6.30. The molecule has 2 rings (SSSR count). The molecule has 4 heteroatoms. The van der Waals surface area contributed by atoms with Crippen LogP contribution in [-0.4, -0.2) is 13.7 Å². The lowest BCUT2D eigenvalue weighted by atomic mass is 10.1. The molecule has 0 aromatic heterocycles. The second kappa shape index (κ2) is 7.91. The highest BCUT2D eigenvalue weighted by atomic mass is 35.5. The first-order chi connectivity index (χ1) is 10.2. The maximum atomic E-state index is 6.00. The Kier molecular flexibility index (Phi) is 5.90.